The molecule has 3 aromatic rings. The second-order valence-electron chi connectivity index (χ2n) is 11.1. The molecule has 0 saturated carbocycles. The Hall–Kier alpha value is -2.84. The van der Waals surface area contributed by atoms with Gasteiger partial charge in [-0.3, -0.25) is 14.5 Å². The number of hydrogen-bond acceptors (Lipinski definition) is 4. The third-order valence-corrected chi connectivity index (χ3v) is 8.72. The molecular formula is C31H37Cl2N5O2. The molecule has 0 bridgehead atoms. The van der Waals surface area contributed by atoms with Crippen molar-refractivity contribution < 1.29 is 9.59 Å². The zero-order valence-corrected chi connectivity index (χ0v) is 24.6. The van der Waals surface area contributed by atoms with Gasteiger partial charge >= 0.3 is 0 Å². The highest BCUT2D eigenvalue weighted by molar-refractivity contribution is 6.42. The minimum Gasteiger partial charge on any atom is -0.367 e. The summed E-state index contributed by atoms with van der Waals surface area (Å²) in [5.41, 5.74) is 4.96. The number of nitrogens with one attached hydrogen (secondary N) is 2. The van der Waals surface area contributed by atoms with Crippen LogP contribution in [0.5, 0.6) is 0 Å². The number of aryl methyl sites for hydroxylation is 2. The predicted molar refractivity (Wildman–Crippen MR) is 160 cm³/mol. The van der Waals surface area contributed by atoms with E-state index in [0.717, 1.165) is 49.2 Å². The van der Waals surface area contributed by atoms with E-state index in [-0.39, 0.29) is 24.4 Å². The van der Waals surface area contributed by atoms with Crippen LogP contribution in [0, 0.1) is 13.8 Å². The average Bonchev–Trinajstić information content (AvgIpc) is 3.46. The Morgan fingerprint density at radius 1 is 0.950 bits per heavy atom. The molecule has 0 unspecified atom stereocenters. The van der Waals surface area contributed by atoms with Crippen LogP contribution in [-0.4, -0.2) is 76.8 Å². The van der Waals surface area contributed by atoms with Crippen LogP contribution in [-0.2, 0) is 11.3 Å². The zero-order valence-electron chi connectivity index (χ0n) is 23.1. The quantitative estimate of drug-likeness (QED) is 0.401. The van der Waals surface area contributed by atoms with Crippen molar-refractivity contribution in [2.24, 2.45) is 0 Å². The van der Waals surface area contributed by atoms with E-state index in [9.17, 15) is 9.59 Å². The Kier molecular flexibility index (Phi) is 9.16. The number of nitrogens with zero attached hydrogens (tertiary/aromatic N) is 3. The fourth-order valence-electron chi connectivity index (χ4n) is 5.89. The molecule has 2 aliphatic rings. The van der Waals surface area contributed by atoms with E-state index in [2.05, 4.69) is 27.3 Å². The van der Waals surface area contributed by atoms with E-state index in [1.165, 1.54) is 5.56 Å². The van der Waals surface area contributed by atoms with Gasteiger partial charge in [0.2, 0.25) is 5.91 Å². The molecule has 3 heterocycles. The molecule has 5 rings (SSSR count). The van der Waals surface area contributed by atoms with E-state index in [1.54, 1.807) is 6.07 Å². The van der Waals surface area contributed by atoms with Gasteiger partial charge in [-0.2, -0.15) is 0 Å². The molecule has 7 nitrogen and oxygen atoms in total. The number of piperidine rings is 1. The molecule has 40 heavy (non-hydrogen) atoms. The van der Waals surface area contributed by atoms with Gasteiger partial charge in [0.1, 0.15) is 0 Å². The number of aromatic amines is 1. The number of amides is 2. The van der Waals surface area contributed by atoms with Crippen LogP contribution >= 0.6 is 23.2 Å². The van der Waals surface area contributed by atoms with Crippen molar-refractivity contribution in [2.75, 3.05) is 39.3 Å². The summed E-state index contributed by atoms with van der Waals surface area (Å²) in [5, 5.41) is 4.41. The fraction of sp³-hybridized carbons (Fsp3) is 0.419. The molecule has 2 N–H and O–H groups in total. The number of carbonyl (C=O) groups excluding carboxylic acids is 2. The first kappa shape index (κ1) is 28.7. The highest BCUT2D eigenvalue weighted by atomic mass is 35.5. The third-order valence-electron chi connectivity index (χ3n) is 7.98. The van der Waals surface area contributed by atoms with E-state index in [4.69, 9.17) is 23.2 Å². The van der Waals surface area contributed by atoms with Crippen molar-refractivity contribution in [3.05, 3.63) is 92.7 Å². The lowest BCUT2D eigenvalue weighted by Gasteiger charge is -2.42. The Morgan fingerprint density at radius 3 is 2.38 bits per heavy atom. The molecule has 2 fully saturated rings. The number of H-pyrrole nitrogens is 1. The number of carbonyl (C=O) groups is 2. The second kappa shape index (κ2) is 12.8. The second-order valence-corrected chi connectivity index (χ2v) is 11.9. The number of aromatic nitrogens is 1. The van der Waals surface area contributed by atoms with E-state index in [0.29, 0.717) is 41.3 Å². The van der Waals surface area contributed by atoms with Gasteiger partial charge in [0.15, 0.2) is 0 Å². The van der Waals surface area contributed by atoms with Gasteiger partial charge in [-0.15, -0.1) is 0 Å². The van der Waals surface area contributed by atoms with Gasteiger partial charge in [0, 0.05) is 50.2 Å². The van der Waals surface area contributed by atoms with Crippen LogP contribution in [0.15, 0.2) is 54.9 Å². The summed E-state index contributed by atoms with van der Waals surface area (Å²) in [5.74, 6) is 0.0119. The van der Waals surface area contributed by atoms with Crippen LogP contribution < -0.4 is 5.32 Å². The first-order chi connectivity index (χ1) is 19.3. The summed E-state index contributed by atoms with van der Waals surface area (Å²) in [6.07, 6.45) is 6.01. The topological polar surface area (TPSA) is 71.7 Å². The van der Waals surface area contributed by atoms with Crippen LogP contribution in [0.4, 0.5) is 0 Å². The number of hydrogen-bond donors (Lipinski definition) is 2. The molecule has 0 radical (unpaired) electrons. The smallest absolute Gasteiger partial charge is 0.254 e. The molecular weight excluding hydrogens is 545 g/mol. The molecule has 1 aromatic heterocycles. The lowest BCUT2D eigenvalue weighted by Crippen LogP contribution is -2.54. The molecule has 2 aliphatic heterocycles. The number of benzene rings is 2. The van der Waals surface area contributed by atoms with Crippen LogP contribution in [0.25, 0.3) is 0 Å². The molecule has 9 heteroatoms. The zero-order chi connectivity index (χ0) is 28.2. The number of piperazine rings is 1. The summed E-state index contributed by atoms with van der Waals surface area (Å²) >= 11 is 12.6. The van der Waals surface area contributed by atoms with Gasteiger partial charge in [0.25, 0.3) is 5.91 Å². The number of rotatable bonds is 7. The Morgan fingerprint density at radius 2 is 1.70 bits per heavy atom. The largest absolute Gasteiger partial charge is 0.367 e. The van der Waals surface area contributed by atoms with Crippen molar-refractivity contribution in [3.8, 4) is 0 Å². The summed E-state index contributed by atoms with van der Waals surface area (Å²) < 4.78 is 0. The maximum atomic E-state index is 13.6. The van der Waals surface area contributed by atoms with Crippen molar-refractivity contribution in [2.45, 2.75) is 45.3 Å². The van der Waals surface area contributed by atoms with Crippen molar-refractivity contribution in [1.29, 1.82) is 0 Å². The molecule has 2 saturated heterocycles. The van der Waals surface area contributed by atoms with Crippen molar-refractivity contribution in [1.82, 2.24) is 25.0 Å². The number of likely N-dealkylation sites (tertiary alicyclic amines) is 1. The molecule has 212 valence electrons. The fourth-order valence-corrected chi connectivity index (χ4v) is 6.20. The Balaban J connectivity index is 1.24. The third kappa shape index (κ3) is 6.89. The van der Waals surface area contributed by atoms with Crippen LogP contribution in [0.3, 0.4) is 0 Å². The summed E-state index contributed by atoms with van der Waals surface area (Å²) in [6.45, 7) is 8.55. The van der Waals surface area contributed by atoms with Crippen LogP contribution in [0.1, 0.15) is 51.5 Å². The van der Waals surface area contributed by atoms with Gasteiger partial charge in [-0.05, 0) is 81.2 Å². The maximum absolute atomic E-state index is 13.6. The first-order valence-corrected chi connectivity index (χ1v) is 14.7. The molecule has 2 amide bonds. The summed E-state index contributed by atoms with van der Waals surface area (Å²) in [6, 6.07) is 13.5. The minimum absolute atomic E-state index is 0.0199. The summed E-state index contributed by atoms with van der Waals surface area (Å²) in [4.78, 5) is 36.4. The molecule has 2 aromatic carbocycles. The monoisotopic (exact) mass is 581 g/mol. The van der Waals surface area contributed by atoms with Crippen molar-refractivity contribution >= 4 is 35.0 Å². The molecule has 1 atom stereocenters. The highest BCUT2D eigenvalue weighted by Crippen LogP contribution is 2.31. The number of halogens is 2. The van der Waals surface area contributed by atoms with E-state index in [1.807, 2.05) is 60.3 Å². The summed E-state index contributed by atoms with van der Waals surface area (Å²) in [7, 11) is 0. The van der Waals surface area contributed by atoms with E-state index >= 15 is 0 Å². The standard InChI is InChI=1S/C31H37Cl2N5O2/c1-21-13-22(2)15-25(14-21)31(40)37-11-12-38(29(20-37)24-3-4-27(32)28(33)16-24)30(39)18-35-26-6-9-36(10-7-26)19-23-5-8-34-17-23/h3-5,8,13-17,26,29,34-35H,6-7,9-12,18-20H2,1-2H3/t29-/m0/s1. The Bertz CT molecular complexity index is 1320. The normalized spacial score (nSPS) is 18.8. The molecule has 0 aliphatic carbocycles. The van der Waals surface area contributed by atoms with Gasteiger partial charge < -0.3 is 20.1 Å². The van der Waals surface area contributed by atoms with Crippen molar-refractivity contribution in [3.63, 3.8) is 0 Å². The Labute approximate surface area is 246 Å². The lowest BCUT2D eigenvalue weighted by atomic mass is 10.00. The first-order valence-electron chi connectivity index (χ1n) is 14.0. The average molecular weight is 583 g/mol. The minimum atomic E-state index is -0.309. The van der Waals surface area contributed by atoms with Gasteiger partial charge in [0.05, 0.1) is 22.6 Å². The SMILES string of the molecule is Cc1cc(C)cc(C(=O)N2CCN(C(=O)CNC3CCN(Cc4cc[nH]c4)CC3)[C@H](c3ccc(Cl)c(Cl)c3)C2)c1. The lowest BCUT2D eigenvalue weighted by molar-refractivity contribution is -0.135. The van der Waals surface area contributed by atoms with Gasteiger partial charge in [-0.1, -0.05) is 46.5 Å². The van der Waals surface area contributed by atoms with Gasteiger partial charge in [-0.25, -0.2) is 0 Å². The highest BCUT2D eigenvalue weighted by Gasteiger charge is 2.34. The maximum Gasteiger partial charge on any atom is 0.254 e. The van der Waals surface area contributed by atoms with E-state index < -0.39 is 0 Å². The molecule has 0 spiro atoms. The van der Waals surface area contributed by atoms with Crippen LogP contribution in [0.2, 0.25) is 10.0 Å². The predicted octanol–water partition coefficient (Wildman–Crippen LogP) is 5.22.